The van der Waals surface area contributed by atoms with Crippen molar-refractivity contribution in [3.8, 4) is 0 Å². The van der Waals surface area contributed by atoms with Crippen molar-refractivity contribution in [2.75, 3.05) is 13.1 Å². The Kier molecular flexibility index (Phi) is 3.41. The third-order valence-electron chi connectivity index (χ3n) is 5.98. The van der Waals surface area contributed by atoms with Gasteiger partial charge in [0, 0.05) is 31.0 Å². The average molecular weight is 355 g/mol. The average Bonchev–Trinajstić information content (AvgIpc) is 3.07. The van der Waals surface area contributed by atoms with Crippen LogP contribution in [0.2, 0.25) is 0 Å². The molecule has 1 saturated carbocycles. The molecule has 2 atom stereocenters. The van der Waals surface area contributed by atoms with E-state index in [0.29, 0.717) is 18.8 Å². The maximum Gasteiger partial charge on any atom is 0.289 e. The summed E-state index contributed by atoms with van der Waals surface area (Å²) in [5, 5.41) is 7.51. The Morgan fingerprint density at radius 1 is 1.27 bits per heavy atom. The molecule has 2 aromatic heterocycles. The fraction of sp³-hybridized carbons (Fsp3) is 0.556. The number of hydrogen-bond acceptors (Lipinski definition) is 5. The molecule has 5 rings (SSSR count). The standard InChI is InChI=1S/C18H21N5O3/c24-16(12-3-4-12)21-14-15-19-11-20-23(15)8-6-18(14)5-7-22(10-18)17(25)13-2-1-9-26-13/h1-2,9,11-12,14H,3-8,10H2,(H,21,24). The lowest BCUT2D eigenvalue weighted by Gasteiger charge is -2.40. The Morgan fingerprint density at radius 3 is 2.88 bits per heavy atom. The molecule has 136 valence electrons. The number of likely N-dealkylation sites (tertiary alicyclic amines) is 1. The molecular formula is C18H21N5O3. The van der Waals surface area contributed by atoms with E-state index in [-0.39, 0.29) is 29.2 Å². The first kappa shape index (κ1) is 15.6. The predicted octanol–water partition coefficient (Wildman–Crippen LogP) is 1.37. The molecule has 2 aromatic rings. The van der Waals surface area contributed by atoms with Gasteiger partial charge in [-0.25, -0.2) is 9.67 Å². The zero-order valence-electron chi connectivity index (χ0n) is 14.4. The first-order valence-electron chi connectivity index (χ1n) is 9.17. The second kappa shape index (κ2) is 5.69. The number of amides is 2. The Labute approximate surface area is 150 Å². The van der Waals surface area contributed by atoms with Gasteiger partial charge in [0.15, 0.2) is 5.76 Å². The van der Waals surface area contributed by atoms with Crippen molar-refractivity contribution in [1.82, 2.24) is 25.0 Å². The maximum atomic E-state index is 12.7. The molecule has 1 aliphatic carbocycles. The van der Waals surface area contributed by atoms with E-state index >= 15 is 0 Å². The molecule has 1 saturated heterocycles. The Morgan fingerprint density at radius 2 is 2.12 bits per heavy atom. The van der Waals surface area contributed by atoms with E-state index < -0.39 is 0 Å². The summed E-state index contributed by atoms with van der Waals surface area (Å²) in [4.78, 5) is 31.4. The summed E-state index contributed by atoms with van der Waals surface area (Å²) in [6.07, 6.45) is 6.68. The third kappa shape index (κ3) is 2.43. The molecule has 8 nitrogen and oxygen atoms in total. The van der Waals surface area contributed by atoms with Gasteiger partial charge in [0.1, 0.15) is 12.2 Å². The van der Waals surface area contributed by atoms with E-state index in [1.165, 1.54) is 6.26 Å². The summed E-state index contributed by atoms with van der Waals surface area (Å²) in [6, 6.07) is 3.21. The van der Waals surface area contributed by atoms with E-state index in [0.717, 1.165) is 38.1 Å². The van der Waals surface area contributed by atoms with Gasteiger partial charge in [0.2, 0.25) is 5.91 Å². The number of carbonyl (C=O) groups excluding carboxylic acids is 2. The van der Waals surface area contributed by atoms with Gasteiger partial charge in [-0.05, 0) is 37.8 Å². The second-order valence-corrected chi connectivity index (χ2v) is 7.62. The van der Waals surface area contributed by atoms with Crippen molar-refractivity contribution in [2.24, 2.45) is 11.3 Å². The second-order valence-electron chi connectivity index (χ2n) is 7.62. The molecule has 4 heterocycles. The zero-order chi connectivity index (χ0) is 17.7. The normalized spacial score (nSPS) is 27.5. The monoisotopic (exact) mass is 355 g/mol. The van der Waals surface area contributed by atoms with Gasteiger partial charge >= 0.3 is 0 Å². The number of nitrogens with one attached hydrogen (secondary N) is 1. The molecule has 2 fully saturated rings. The van der Waals surface area contributed by atoms with Crippen molar-refractivity contribution < 1.29 is 14.0 Å². The number of carbonyl (C=O) groups is 2. The van der Waals surface area contributed by atoms with Gasteiger partial charge < -0.3 is 14.6 Å². The molecular weight excluding hydrogens is 334 g/mol. The largest absolute Gasteiger partial charge is 0.459 e. The highest BCUT2D eigenvalue weighted by Crippen LogP contribution is 2.48. The minimum absolute atomic E-state index is 0.0915. The highest BCUT2D eigenvalue weighted by Gasteiger charge is 2.51. The number of furan rings is 1. The van der Waals surface area contributed by atoms with Gasteiger partial charge in [-0.1, -0.05) is 0 Å². The van der Waals surface area contributed by atoms with E-state index in [4.69, 9.17) is 4.42 Å². The fourth-order valence-corrected chi connectivity index (χ4v) is 4.30. The highest BCUT2D eigenvalue weighted by molar-refractivity contribution is 5.91. The van der Waals surface area contributed by atoms with Crippen LogP contribution in [0, 0.1) is 11.3 Å². The van der Waals surface area contributed by atoms with Crippen LogP contribution >= 0.6 is 0 Å². The molecule has 8 heteroatoms. The minimum atomic E-state index is -0.207. The Bertz CT molecular complexity index is 841. The molecule has 3 aliphatic rings. The van der Waals surface area contributed by atoms with E-state index in [2.05, 4.69) is 15.4 Å². The van der Waals surface area contributed by atoms with Gasteiger partial charge in [-0.3, -0.25) is 9.59 Å². The quantitative estimate of drug-likeness (QED) is 0.898. The van der Waals surface area contributed by atoms with Crippen molar-refractivity contribution in [2.45, 2.75) is 38.3 Å². The van der Waals surface area contributed by atoms with Crippen LogP contribution in [0.15, 0.2) is 29.1 Å². The number of nitrogens with zero attached hydrogens (tertiary/aromatic N) is 4. The van der Waals surface area contributed by atoms with Crippen molar-refractivity contribution in [3.63, 3.8) is 0 Å². The third-order valence-corrected chi connectivity index (χ3v) is 5.98. The van der Waals surface area contributed by atoms with E-state index in [1.807, 2.05) is 9.58 Å². The number of aromatic nitrogens is 3. The van der Waals surface area contributed by atoms with Crippen molar-refractivity contribution in [3.05, 3.63) is 36.3 Å². The lowest BCUT2D eigenvalue weighted by atomic mass is 9.74. The first-order valence-corrected chi connectivity index (χ1v) is 9.17. The number of fused-ring (bicyclic) bond motifs is 1. The van der Waals surface area contributed by atoms with Gasteiger partial charge in [-0.2, -0.15) is 5.10 Å². The maximum absolute atomic E-state index is 12.7. The highest BCUT2D eigenvalue weighted by atomic mass is 16.3. The summed E-state index contributed by atoms with van der Waals surface area (Å²) in [6.45, 7) is 2.01. The minimum Gasteiger partial charge on any atom is -0.459 e. The van der Waals surface area contributed by atoms with E-state index in [9.17, 15) is 9.59 Å². The summed E-state index contributed by atoms with van der Waals surface area (Å²) in [7, 11) is 0. The SMILES string of the molecule is O=C(NC1c2ncnn2CCC12CCN(C(=O)c1ccco1)C2)C1CC1. The number of rotatable bonds is 3. The topological polar surface area (TPSA) is 93.3 Å². The molecule has 0 bridgehead atoms. The summed E-state index contributed by atoms with van der Waals surface area (Å²) < 4.78 is 7.15. The van der Waals surface area contributed by atoms with Crippen LogP contribution in [0.25, 0.3) is 0 Å². The van der Waals surface area contributed by atoms with Crippen LogP contribution in [0.5, 0.6) is 0 Å². The zero-order valence-corrected chi connectivity index (χ0v) is 14.4. The first-order chi connectivity index (χ1) is 12.7. The molecule has 0 aromatic carbocycles. The molecule has 26 heavy (non-hydrogen) atoms. The van der Waals surface area contributed by atoms with E-state index in [1.54, 1.807) is 18.5 Å². The van der Waals surface area contributed by atoms with Crippen molar-refractivity contribution in [1.29, 1.82) is 0 Å². The Balaban J connectivity index is 1.42. The van der Waals surface area contributed by atoms with Crippen LogP contribution in [0.3, 0.4) is 0 Å². The fourth-order valence-electron chi connectivity index (χ4n) is 4.30. The summed E-state index contributed by atoms with van der Waals surface area (Å²) >= 11 is 0. The van der Waals surface area contributed by atoms with Gasteiger partial charge in [-0.15, -0.1) is 0 Å². The lowest BCUT2D eigenvalue weighted by Crippen LogP contribution is -2.48. The van der Waals surface area contributed by atoms with Crippen molar-refractivity contribution >= 4 is 11.8 Å². The molecule has 2 unspecified atom stereocenters. The summed E-state index contributed by atoms with van der Waals surface area (Å²) in [5.74, 6) is 1.30. The Hall–Kier alpha value is -2.64. The lowest BCUT2D eigenvalue weighted by molar-refractivity contribution is -0.124. The number of aryl methyl sites for hydroxylation is 1. The molecule has 1 N–H and O–H groups in total. The molecule has 0 radical (unpaired) electrons. The van der Waals surface area contributed by atoms with Crippen LogP contribution in [-0.2, 0) is 11.3 Å². The molecule has 1 spiro atoms. The smallest absolute Gasteiger partial charge is 0.289 e. The predicted molar refractivity (Wildman–Crippen MR) is 89.9 cm³/mol. The van der Waals surface area contributed by atoms with Crippen LogP contribution in [0.1, 0.15) is 48.1 Å². The van der Waals surface area contributed by atoms with Gasteiger partial charge in [0.05, 0.1) is 12.3 Å². The van der Waals surface area contributed by atoms with Crippen LogP contribution < -0.4 is 5.32 Å². The molecule has 2 aliphatic heterocycles. The van der Waals surface area contributed by atoms with Gasteiger partial charge in [0.25, 0.3) is 5.91 Å². The number of hydrogen-bond donors (Lipinski definition) is 1. The van der Waals surface area contributed by atoms with Crippen LogP contribution in [0.4, 0.5) is 0 Å². The summed E-state index contributed by atoms with van der Waals surface area (Å²) in [5.41, 5.74) is -0.199. The van der Waals surface area contributed by atoms with Crippen LogP contribution in [-0.4, -0.2) is 44.6 Å². The molecule has 2 amide bonds.